The predicted octanol–water partition coefficient (Wildman–Crippen LogP) is 3.39. The van der Waals surface area contributed by atoms with Crippen LogP contribution in [0.4, 0.5) is 0 Å². The van der Waals surface area contributed by atoms with Gasteiger partial charge in [0.05, 0.1) is 7.11 Å². The Hall–Kier alpha value is -2.29. The molecule has 0 aliphatic heterocycles. The summed E-state index contributed by atoms with van der Waals surface area (Å²) in [4.78, 5) is 11.6. The van der Waals surface area contributed by atoms with Gasteiger partial charge < -0.3 is 9.84 Å². The number of hydrogen-bond donors (Lipinski definition) is 1. The van der Waals surface area contributed by atoms with Gasteiger partial charge in [0.2, 0.25) is 0 Å². The van der Waals surface area contributed by atoms with Gasteiger partial charge in [-0.2, -0.15) is 0 Å². The first-order valence-electron chi connectivity index (χ1n) is 6.48. The maximum atomic E-state index is 11.6. The van der Waals surface area contributed by atoms with E-state index in [2.05, 4.69) is 30.7 Å². The molecule has 0 aliphatic carbocycles. The molecule has 0 unspecified atom stereocenters. The highest BCUT2D eigenvalue weighted by Gasteiger charge is 2.12. The molecule has 0 aromatic heterocycles. The number of aryl methyl sites for hydroxylation is 1. The number of rotatable bonds is 3. The van der Waals surface area contributed by atoms with E-state index >= 15 is 0 Å². The third kappa shape index (κ3) is 2.82. The highest BCUT2D eigenvalue weighted by molar-refractivity contribution is 5.92. The lowest BCUT2D eigenvalue weighted by Gasteiger charge is -2.10. The van der Waals surface area contributed by atoms with Gasteiger partial charge in [0.15, 0.2) is 0 Å². The van der Waals surface area contributed by atoms with Crippen LogP contribution < -0.4 is 0 Å². The maximum absolute atomic E-state index is 11.6. The molecular weight excluding hydrogens is 252 g/mol. The molecule has 0 spiro atoms. The molecule has 0 aliphatic rings. The number of hydrogen-bond acceptors (Lipinski definition) is 3. The topological polar surface area (TPSA) is 46.5 Å². The summed E-state index contributed by atoms with van der Waals surface area (Å²) in [6, 6.07) is 11.2. The minimum atomic E-state index is -0.523. The highest BCUT2D eigenvalue weighted by Crippen LogP contribution is 2.23. The average molecular weight is 270 g/mol. The molecule has 0 saturated heterocycles. The van der Waals surface area contributed by atoms with E-state index in [-0.39, 0.29) is 11.3 Å². The van der Waals surface area contributed by atoms with E-state index in [1.54, 1.807) is 6.07 Å². The summed E-state index contributed by atoms with van der Waals surface area (Å²) in [5.74, 6) is -0.577. The SMILES string of the molecule is COC(=O)c1cc(Cc2cccc(C)c2C)ccc1O. The summed E-state index contributed by atoms with van der Waals surface area (Å²) < 4.78 is 4.67. The van der Waals surface area contributed by atoms with Gasteiger partial charge in [0.25, 0.3) is 0 Å². The Kier molecular flexibility index (Phi) is 4.08. The molecule has 104 valence electrons. The van der Waals surface area contributed by atoms with Crippen LogP contribution in [0.1, 0.15) is 32.6 Å². The van der Waals surface area contributed by atoms with Crippen LogP contribution in [0.2, 0.25) is 0 Å². The monoisotopic (exact) mass is 270 g/mol. The zero-order valence-corrected chi connectivity index (χ0v) is 11.9. The van der Waals surface area contributed by atoms with Crippen molar-refractivity contribution in [1.29, 1.82) is 0 Å². The lowest BCUT2D eigenvalue weighted by molar-refractivity contribution is 0.0597. The second kappa shape index (κ2) is 5.78. The van der Waals surface area contributed by atoms with Gasteiger partial charge in [-0.1, -0.05) is 24.3 Å². The molecule has 2 aromatic carbocycles. The van der Waals surface area contributed by atoms with Gasteiger partial charge in [0.1, 0.15) is 11.3 Å². The summed E-state index contributed by atoms with van der Waals surface area (Å²) in [7, 11) is 1.30. The fraction of sp³-hybridized carbons (Fsp3) is 0.235. The fourth-order valence-electron chi connectivity index (χ4n) is 2.19. The summed E-state index contributed by atoms with van der Waals surface area (Å²) in [5.41, 5.74) is 4.88. The number of methoxy groups -OCH3 is 1. The van der Waals surface area contributed by atoms with E-state index < -0.39 is 5.97 Å². The number of carbonyl (C=O) groups excluding carboxylic acids is 1. The average Bonchev–Trinajstić information content (AvgIpc) is 2.45. The van der Waals surface area contributed by atoms with Gasteiger partial charge in [-0.05, 0) is 54.7 Å². The van der Waals surface area contributed by atoms with E-state index in [1.807, 2.05) is 12.1 Å². The summed E-state index contributed by atoms with van der Waals surface area (Å²) in [5, 5.41) is 9.70. The Morgan fingerprint density at radius 1 is 1.20 bits per heavy atom. The first-order chi connectivity index (χ1) is 9.52. The van der Waals surface area contributed by atoms with Crippen LogP contribution in [0, 0.1) is 13.8 Å². The lowest BCUT2D eigenvalue weighted by atomic mass is 9.96. The van der Waals surface area contributed by atoms with Crippen LogP contribution in [0.25, 0.3) is 0 Å². The molecule has 0 saturated carbocycles. The molecule has 0 bridgehead atoms. The largest absolute Gasteiger partial charge is 0.507 e. The number of ether oxygens (including phenoxy) is 1. The molecule has 0 radical (unpaired) electrons. The first kappa shape index (κ1) is 14.1. The summed E-state index contributed by atoms with van der Waals surface area (Å²) in [6.45, 7) is 4.17. The van der Waals surface area contributed by atoms with Crippen LogP contribution in [-0.2, 0) is 11.2 Å². The van der Waals surface area contributed by atoms with Crippen molar-refractivity contribution in [2.45, 2.75) is 20.3 Å². The normalized spacial score (nSPS) is 10.3. The highest BCUT2D eigenvalue weighted by atomic mass is 16.5. The zero-order valence-electron chi connectivity index (χ0n) is 11.9. The third-order valence-electron chi connectivity index (χ3n) is 3.58. The Labute approximate surface area is 118 Å². The van der Waals surface area contributed by atoms with Gasteiger partial charge in [0, 0.05) is 0 Å². The van der Waals surface area contributed by atoms with Crippen molar-refractivity contribution >= 4 is 5.97 Å². The third-order valence-corrected chi connectivity index (χ3v) is 3.58. The number of aromatic hydroxyl groups is 1. The van der Waals surface area contributed by atoms with E-state index in [0.29, 0.717) is 0 Å². The Morgan fingerprint density at radius 2 is 1.95 bits per heavy atom. The van der Waals surface area contributed by atoms with Crippen molar-refractivity contribution in [3.05, 3.63) is 64.2 Å². The molecular formula is C17H18O3. The Bertz CT molecular complexity index is 645. The van der Waals surface area contributed by atoms with Crippen molar-refractivity contribution < 1.29 is 14.6 Å². The lowest BCUT2D eigenvalue weighted by Crippen LogP contribution is -2.03. The van der Waals surface area contributed by atoms with E-state index in [4.69, 9.17) is 0 Å². The minimum absolute atomic E-state index is 0.0541. The Morgan fingerprint density at radius 3 is 2.65 bits per heavy atom. The number of phenolic OH excluding ortho intramolecular Hbond substituents is 1. The fourth-order valence-corrected chi connectivity index (χ4v) is 2.19. The van der Waals surface area contributed by atoms with Crippen molar-refractivity contribution in [2.24, 2.45) is 0 Å². The van der Waals surface area contributed by atoms with Crippen LogP contribution >= 0.6 is 0 Å². The van der Waals surface area contributed by atoms with Gasteiger partial charge in [-0.25, -0.2) is 4.79 Å². The molecule has 2 aromatic rings. The Balaban J connectivity index is 2.35. The standard InChI is InChI=1S/C17H18O3/c1-11-5-4-6-14(12(11)2)9-13-7-8-16(18)15(10-13)17(19)20-3/h4-8,10,18H,9H2,1-3H3. The molecule has 1 N–H and O–H groups in total. The van der Waals surface area contributed by atoms with Gasteiger partial charge in [-0.15, -0.1) is 0 Å². The molecule has 3 nitrogen and oxygen atoms in total. The first-order valence-corrected chi connectivity index (χ1v) is 6.48. The van der Waals surface area contributed by atoms with Crippen molar-refractivity contribution in [1.82, 2.24) is 0 Å². The molecule has 0 heterocycles. The van der Waals surface area contributed by atoms with Gasteiger partial charge in [-0.3, -0.25) is 0 Å². The second-order valence-corrected chi connectivity index (χ2v) is 4.88. The zero-order chi connectivity index (χ0) is 14.7. The molecule has 3 heteroatoms. The maximum Gasteiger partial charge on any atom is 0.341 e. The van der Waals surface area contributed by atoms with Crippen LogP contribution in [-0.4, -0.2) is 18.2 Å². The smallest absolute Gasteiger partial charge is 0.341 e. The van der Waals surface area contributed by atoms with Crippen molar-refractivity contribution in [3.63, 3.8) is 0 Å². The van der Waals surface area contributed by atoms with Crippen LogP contribution in [0.5, 0.6) is 5.75 Å². The summed E-state index contributed by atoms with van der Waals surface area (Å²) >= 11 is 0. The predicted molar refractivity (Wildman–Crippen MR) is 78.2 cm³/mol. The molecule has 20 heavy (non-hydrogen) atoms. The molecule has 0 amide bonds. The molecule has 2 rings (SSSR count). The van der Waals surface area contributed by atoms with Crippen molar-refractivity contribution in [3.8, 4) is 5.75 Å². The van der Waals surface area contributed by atoms with Crippen LogP contribution in [0.3, 0.4) is 0 Å². The number of carbonyl (C=O) groups is 1. The van der Waals surface area contributed by atoms with Crippen molar-refractivity contribution in [2.75, 3.05) is 7.11 Å². The number of phenols is 1. The second-order valence-electron chi connectivity index (χ2n) is 4.88. The number of esters is 1. The summed E-state index contributed by atoms with van der Waals surface area (Å²) in [6.07, 6.45) is 0.720. The van der Waals surface area contributed by atoms with Gasteiger partial charge >= 0.3 is 5.97 Å². The molecule has 0 fully saturated rings. The number of benzene rings is 2. The van der Waals surface area contributed by atoms with E-state index in [9.17, 15) is 9.90 Å². The van der Waals surface area contributed by atoms with E-state index in [0.717, 1.165) is 12.0 Å². The van der Waals surface area contributed by atoms with E-state index in [1.165, 1.54) is 29.9 Å². The molecule has 0 atom stereocenters. The van der Waals surface area contributed by atoms with Crippen LogP contribution in [0.15, 0.2) is 36.4 Å². The minimum Gasteiger partial charge on any atom is -0.507 e. The quantitative estimate of drug-likeness (QED) is 0.870.